The molecule has 0 aliphatic carbocycles. The number of alkyl halides is 2. The Balaban J connectivity index is 3.08. The van der Waals surface area contributed by atoms with Crippen molar-refractivity contribution in [2.24, 2.45) is 0 Å². The van der Waals surface area contributed by atoms with Crippen molar-refractivity contribution in [2.75, 3.05) is 6.61 Å². The Morgan fingerprint density at radius 2 is 2.16 bits per heavy atom. The fourth-order valence-corrected chi connectivity index (χ4v) is 1.30. The van der Waals surface area contributed by atoms with Gasteiger partial charge in [-0.05, 0) is 19.1 Å². The molecule has 1 aromatic rings. The standard InChI is InChI=1S/C13H11F2NO3/c1-2-18-12(17)10(8-16)7-9-5-3-4-6-11(9)19-13(14)15/h3-7,13H,2H2,1H3/b10-7-. The van der Waals surface area contributed by atoms with E-state index in [1.54, 1.807) is 19.1 Å². The normalized spacial score (nSPS) is 11.0. The van der Waals surface area contributed by atoms with E-state index in [1.807, 2.05) is 0 Å². The molecule has 4 nitrogen and oxygen atoms in total. The molecular formula is C13H11F2NO3. The number of nitriles is 1. The molecule has 0 fully saturated rings. The van der Waals surface area contributed by atoms with Crippen LogP contribution in [0.4, 0.5) is 8.78 Å². The highest BCUT2D eigenvalue weighted by Crippen LogP contribution is 2.23. The second-order valence-electron chi connectivity index (χ2n) is 3.31. The van der Waals surface area contributed by atoms with Crippen molar-refractivity contribution in [2.45, 2.75) is 13.5 Å². The molecule has 0 aromatic heterocycles. The van der Waals surface area contributed by atoms with Crippen LogP contribution in [0.15, 0.2) is 29.8 Å². The summed E-state index contributed by atoms with van der Waals surface area (Å²) in [6, 6.07) is 7.51. The third kappa shape index (κ3) is 4.39. The van der Waals surface area contributed by atoms with Crippen molar-refractivity contribution in [3.05, 3.63) is 35.4 Å². The van der Waals surface area contributed by atoms with Gasteiger partial charge in [-0.25, -0.2) is 4.79 Å². The van der Waals surface area contributed by atoms with Gasteiger partial charge in [0.25, 0.3) is 0 Å². The summed E-state index contributed by atoms with van der Waals surface area (Å²) < 4.78 is 33.4. The first-order valence-electron chi connectivity index (χ1n) is 5.41. The number of nitrogens with zero attached hydrogens (tertiary/aromatic N) is 1. The van der Waals surface area contributed by atoms with E-state index in [4.69, 9.17) is 5.26 Å². The number of rotatable bonds is 5. The van der Waals surface area contributed by atoms with Crippen LogP contribution in [-0.4, -0.2) is 19.2 Å². The number of carbonyl (C=O) groups is 1. The molecule has 19 heavy (non-hydrogen) atoms. The highest BCUT2D eigenvalue weighted by Gasteiger charge is 2.13. The maximum absolute atomic E-state index is 12.2. The minimum Gasteiger partial charge on any atom is -0.462 e. The van der Waals surface area contributed by atoms with Gasteiger partial charge in [0.1, 0.15) is 17.4 Å². The van der Waals surface area contributed by atoms with Crippen LogP contribution in [0.2, 0.25) is 0 Å². The zero-order chi connectivity index (χ0) is 14.3. The van der Waals surface area contributed by atoms with E-state index < -0.39 is 12.6 Å². The molecule has 6 heteroatoms. The third-order valence-corrected chi connectivity index (χ3v) is 2.05. The fourth-order valence-electron chi connectivity index (χ4n) is 1.30. The van der Waals surface area contributed by atoms with Gasteiger partial charge in [-0.3, -0.25) is 0 Å². The number of halogens is 2. The van der Waals surface area contributed by atoms with Crippen molar-refractivity contribution in [1.29, 1.82) is 5.26 Å². The van der Waals surface area contributed by atoms with Crippen LogP contribution < -0.4 is 4.74 Å². The monoisotopic (exact) mass is 267 g/mol. The largest absolute Gasteiger partial charge is 0.462 e. The maximum Gasteiger partial charge on any atom is 0.387 e. The summed E-state index contributed by atoms with van der Waals surface area (Å²) in [6.07, 6.45) is 1.15. The molecule has 0 atom stereocenters. The average molecular weight is 267 g/mol. The van der Waals surface area contributed by atoms with Crippen LogP contribution in [-0.2, 0) is 9.53 Å². The second kappa shape index (κ2) is 7.11. The number of para-hydroxylation sites is 1. The number of hydrogen-bond donors (Lipinski definition) is 0. The van der Waals surface area contributed by atoms with Crippen LogP contribution in [0.1, 0.15) is 12.5 Å². The smallest absolute Gasteiger partial charge is 0.387 e. The van der Waals surface area contributed by atoms with E-state index in [1.165, 1.54) is 18.2 Å². The van der Waals surface area contributed by atoms with Crippen molar-refractivity contribution >= 4 is 12.0 Å². The summed E-state index contributed by atoms with van der Waals surface area (Å²) >= 11 is 0. The van der Waals surface area contributed by atoms with Gasteiger partial charge in [0, 0.05) is 5.56 Å². The third-order valence-electron chi connectivity index (χ3n) is 2.05. The van der Waals surface area contributed by atoms with Crippen molar-refractivity contribution in [1.82, 2.24) is 0 Å². The molecule has 1 aromatic carbocycles. The van der Waals surface area contributed by atoms with Crippen molar-refractivity contribution < 1.29 is 23.0 Å². The Morgan fingerprint density at radius 1 is 1.47 bits per heavy atom. The molecule has 0 aliphatic heterocycles. The van der Waals surface area contributed by atoms with Gasteiger partial charge in [-0.1, -0.05) is 18.2 Å². The summed E-state index contributed by atoms with van der Waals surface area (Å²) in [5.74, 6) is -0.925. The van der Waals surface area contributed by atoms with Crippen LogP contribution in [0, 0.1) is 11.3 Å². The molecule has 0 unspecified atom stereocenters. The zero-order valence-corrected chi connectivity index (χ0v) is 10.1. The molecule has 0 saturated heterocycles. The van der Waals surface area contributed by atoms with E-state index in [0.29, 0.717) is 0 Å². The Bertz CT molecular complexity index is 521. The van der Waals surface area contributed by atoms with Gasteiger partial charge in [-0.2, -0.15) is 14.0 Å². The summed E-state index contributed by atoms with van der Waals surface area (Å²) in [5, 5.41) is 8.85. The lowest BCUT2D eigenvalue weighted by Gasteiger charge is -2.07. The Hall–Kier alpha value is -2.42. The molecule has 0 spiro atoms. The molecule has 0 bridgehead atoms. The van der Waals surface area contributed by atoms with Gasteiger partial charge >= 0.3 is 12.6 Å². The Kier molecular flexibility index (Phi) is 5.48. The number of carbonyl (C=O) groups excluding carboxylic acids is 1. The predicted molar refractivity (Wildman–Crippen MR) is 63.3 cm³/mol. The lowest BCUT2D eigenvalue weighted by Crippen LogP contribution is -2.07. The molecule has 0 N–H and O–H groups in total. The van der Waals surface area contributed by atoms with Gasteiger partial charge in [0.05, 0.1) is 6.61 Å². The molecular weight excluding hydrogens is 256 g/mol. The lowest BCUT2D eigenvalue weighted by atomic mass is 10.1. The number of hydrogen-bond acceptors (Lipinski definition) is 4. The minimum atomic E-state index is -2.98. The first-order valence-corrected chi connectivity index (χ1v) is 5.41. The van der Waals surface area contributed by atoms with Crippen LogP contribution >= 0.6 is 0 Å². The van der Waals surface area contributed by atoms with Crippen molar-refractivity contribution in [3.63, 3.8) is 0 Å². The van der Waals surface area contributed by atoms with Crippen LogP contribution in [0.25, 0.3) is 6.08 Å². The lowest BCUT2D eigenvalue weighted by molar-refractivity contribution is -0.137. The average Bonchev–Trinajstić information content (AvgIpc) is 2.37. The van der Waals surface area contributed by atoms with Gasteiger partial charge < -0.3 is 9.47 Å². The first kappa shape index (κ1) is 14.6. The first-order chi connectivity index (χ1) is 9.08. The van der Waals surface area contributed by atoms with Gasteiger partial charge in [0.2, 0.25) is 0 Å². The quantitative estimate of drug-likeness (QED) is 0.467. The molecule has 0 heterocycles. The summed E-state index contributed by atoms with van der Waals surface area (Å²) in [7, 11) is 0. The number of ether oxygens (including phenoxy) is 2. The van der Waals surface area contributed by atoms with E-state index in [-0.39, 0.29) is 23.5 Å². The van der Waals surface area contributed by atoms with Crippen molar-refractivity contribution in [3.8, 4) is 11.8 Å². The SMILES string of the molecule is CCOC(=O)/C(C#N)=C\c1ccccc1OC(F)F. The second-order valence-corrected chi connectivity index (χ2v) is 3.31. The van der Waals surface area contributed by atoms with E-state index >= 15 is 0 Å². The number of esters is 1. The van der Waals surface area contributed by atoms with Gasteiger partial charge in [0.15, 0.2) is 0 Å². The summed E-state index contributed by atoms with van der Waals surface area (Å²) in [5.41, 5.74) is -0.0837. The molecule has 1 rings (SSSR count). The highest BCUT2D eigenvalue weighted by atomic mass is 19.3. The zero-order valence-electron chi connectivity index (χ0n) is 10.1. The van der Waals surface area contributed by atoms with E-state index in [0.717, 1.165) is 6.08 Å². The summed E-state index contributed by atoms with van der Waals surface area (Å²) in [6.45, 7) is -1.27. The van der Waals surface area contributed by atoms with E-state index in [2.05, 4.69) is 9.47 Å². The Morgan fingerprint density at radius 3 is 2.74 bits per heavy atom. The van der Waals surface area contributed by atoms with Crippen LogP contribution in [0.3, 0.4) is 0 Å². The van der Waals surface area contributed by atoms with E-state index in [9.17, 15) is 13.6 Å². The molecule has 100 valence electrons. The molecule has 0 amide bonds. The summed E-state index contributed by atoms with van der Waals surface area (Å²) in [4.78, 5) is 11.4. The molecule has 0 radical (unpaired) electrons. The van der Waals surface area contributed by atoms with Gasteiger partial charge in [-0.15, -0.1) is 0 Å². The molecule has 0 aliphatic rings. The minimum absolute atomic E-state index is 0.116. The highest BCUT2D eigenvalue weighted by molar-refractivity contribution is 5.98. The number of benzene rings is 1. The predicted octanol–water partition coefficient (Wildman–Crippen LogP) is 2.76. The Labute approximate surface area is 108 Å². The maximum atomic E-state index is 12.2. The fraction of sp³-hybridized carbons (Fsp3) is 0.231. The van der Waals surface area contributed by atoms with Crippen LogP contribution in [0.5, 0.6) is 5.75 Å². The topological polar surface area (TPSA) is 59.3 Å². The molecule has 0 saturated carbocycles.